The summed E-state index contributed by atoms with van der Waals surface area (Å²) in [6.07, 6.45) is 3.72. The minimum absolute atomic E-state index is 0.259. The first-order chi connectivity index (χ1) is 6.53. The van der Waals surface area contributed by atoms with Gasteiger partial charge in [-0.05, 0) is 42.4 Å². The maximum Gasteiger partial charge on any atom is 0.141 e. The monoisotopic (exact) mass is 322 g/mol. The number of halogens is 3. The normalized spacial score (nSPS) is 38.8. The summed E-state index contributed by atoms with van der Waals surface area (Å²) < 4.78 is 13.5. The number of hydrogen-bond acceptors (Lipinski definition) is 0. The topological polar surface area (TPSA) is 0 Å². The van der Waals surface area contributed by atoms with Crippen molar-refractivity contribution in [2.24, 2.45) is 0 Å². The third-order valence-corrected chi connectivity index (χ3v) is 4.93. The lowest BCUT2D eigenvalue weighted by atomic mass is 9.42. The summed E-state index contributed by atoms with van der Waals surface area (Å²) >= 11 is 8.31. The van der Waals surface area contributed by atoms with Gasteiger partial charge in [0.25, 0.3) is 0 Å². The van der Waals surface area contributed by atoms with E-state index in [-0.39, 0.29) is 10.8 Å². The molecular formula is C11H9ClFI. The van der Waals surface area contributed by atoms with Gasteiger partial charge in [0, 0.05) is 3.42 Å². The fraction of sp³-hybridized carbons (Fsp3) is 0.455. The summed E-state index contributed by atoms with van der Waals surface area (Å²) in [6.45, 7) is 0. The van der Waals surface area contributed by atoms with Crippen LogP contribution in [0, 0.1) is 5.82 Å². The van der Waals surface area contributed by atoms with Crippen molar-refractivity contribution in [2.75, 3.05) is 0 Å². The zero-order valence-electron chi connectivity index (χ0n) is 7.49. The highest BCUT2D eigenvalue weighted by atomic mass is 127. The molecule has 1 aromatic rings. The zero-order valence-corrected chi connectivity index (χ0v) is 10.4. The highest BCUT2D eigenvalue weighted by Gasteiger charge is 2.66. The van der Waals surface area contributed by atoms with Crippen LogP contribution in [0.3, 0.4) is 0 Å². The van der Waals surface area contributed by atoms with Gasteiger partial charge in [0.1, 0.15) is 5.82 Å². The smallest absolute Gasteiger partial charge is 0.141 e. The first-order valence-electron chi connectivity index (χ1n) is 4.68. The third-order valence-electron chi connectivity index (χ3n) is 3.50. The van der Waals surface area contributed by atoms with Crippen LogP contribution in [0.25, 0.3) is 0 Å². The summed E-state index contributed by atoms with van der Waals surface area (Å²) in [4.78, 5) is 0. The molecule has 0 unspecified atom stereocenters. The van der Waals surface area contributed by atoms with E-state index in [9.17, 15) is 4.39 Å². The molecule has 3 fully saturated rings. The van der Waals surface area contributed by atoms with Crippen molar-refractivity contribution in [2.45, 2.75) is 28.1 Å². The molecule has 0 heterocycles. The molecule has 3 aliphatic rings. The van der Waals surface area contributed by atoms with Gasteiger partial charge in [-0.3, -0.25) is 0 Å². The Kier molecular flexibility index (Phi) is 1.77. The number of rotatable bonds is 1. The average Bonchev–Trinajstić information content (AvgIpc) is 2.03. The third kappa shape index (κ3) is 1.10. The Morgan fingerprint density at radius 3 is 2.43 bits per heavy atom. The lowest BCUT2D eigenvalue weighted by Gasteiger charge is -2.68. The predicted octanol–water partition coefficient (Wildman–Crippen LogP) is 4.09. The van der Waals surface area contributed by atoms with Crippen molar-refractivity contribution < 1.29 is 4.39 Å². The Balaban J connectivity index is 1.95. The van der Waals surface area contributed by atoms with E-state index in [4.69, 9.17) is 11.6 Å². The fourth-order valence-corrected chi connectivity index (χ4v) is 5.17. The van der Waals surface area contributed by atoms with E-state index in [1.54, 1.807) is 6.07 Å². The van der Waals surface area contributed by atoms with Crippen LogP contribution in [0.15, 0.2) is 18.2 Å². The molecule has 0 amide bonds. The van der Waals surface area contributed by atoms with Crippen molar-refractivity contribution in [1.82, 2.24) is 0 Å². The molecule has 3 heteroatoms. The van der Waals surface area contributed by atoms with Gasteiger partial charge in [0.2, 0.25) is 0 Å². The summed E-state index contributed by atoms with van der Waals surface area (Å²) in [5, 5.41) is 0.259. The molecule has 74 valence electrons. The molecule has 2 bridgehead atoms. The average molecular weight is 323 g/mol. The van der Waals surface area contributed by atoms with E-state index in [0.29, 0.717) is 8.84 Å². The molecular weight excluding hydrogens is 313 g/mol. The maximum absolute atomic E-state index is 13.0. The second-order valence-electron chi connectivity index (χ2n) is 4.59. The second-order valence-corrected chi connectivity index (χ2v) is 7.29. The fourth-order valence-electron chi connectivity index (χ4n) is 2.80. The molecule has 3 saturated carbocycles. The summed E-state index contributed by atoms with van der Waals surface area (Å²) in [7, 11) is 0. The zero-order chi connectivity index (χ0) is 9.97. The molecule has 0 aliphatic heterocycles. The van der Waals surface area contributed by atoms with Crippen LogP contribution in [0.1, 0.15) is 24.8 Å². The van der Waals surface area contributed by atoms with E-state index in [1.165, 1.54) is 30.9 Å². The van der Waals surface area contributed by atoms with Gasteiger partial charge in [0.05, 0.1) is 5.02 Å². The van der Waals surface area contributed by atoms with E-state index >= 15 is 0 Å². The number of hydrogen-bond donors (Lipinski definition) is 0. The van der Waals surface area contributed by atoms with Crippen LogP contribution >= 0.6 is 34.2 Å². The first kappa shape index (κ1) is 9.40. The number of alkyl halides is 1. The van der Waals surface area contributed by atoms with Crippen LogP contribution < -0.4 is 0 Å². The highest BCUT2D eigenvalue weighted by Crippen LogP contribution is 2.72. The number of benzene rings is 1. The molecule has 0 N–H and O–H groups in total. The SMILES string of the molecule is Fc1ccc(C23CC(I)(C2)C3)cc1Cl. The second kappa shape index (κ2) is 2.64. The molecule has 0 radical (unpaired) electrons. The summed E-state index contributed by atoms with van der Waals surface area (Å²) in [5.74, 6) is -0.314. The minimum atomic E-state index is -0.314. The van der Waals surface area contributed by atoms with E-state index in [2.05, 4.69) is 22.6 Å². The minimum Gasteiger partial charge on any atom is -0.205 e. The van der Waals surface area contributed by atoms with Gasteiger partial charge in [-0.25, -0.2) is 4.39 Å². The van der Waals surface area contributed by atoms with Gasteiger partial charge in [0.15, 0.2) is 0 Å². The van der Waals surface area contributed by atoms with Crippen molar-refractivity contribution in [3.05, 3.63) is 34.6 Å². The van der Waals surface area contributed by atoms with E-state index < -0.39 is 0 Å². The lowest BCUT2D eigenvalue weighted by Crippen LogP contribution is -2.65. The standard InChI is InChI=1S/C11H9ClFI/c12-8-3-7(1-2-9(8)13)10-4-11(14,5-10)6-10/h1-3H,4-6H2. The predicted molar refractivity (Wildman–Crippen MR) is 63.7 cm³/mol. The molecule has 1 aromatic carbocycles. The van der Waals surface area contributed by atoms with Gasteiger partial charge in [-0.15, -0.1) is 0 Å². The molecule has 14 heavy (non-hydrogen) atoms. The summed E-state index contributed by atoms with van der Waals surface area (Å²) in [6, 6.07) is 5.17. The Hall–Kier alpha value is 0.170. The van der Waals surface area contributed by atoms with Crippen LogP contribution in [0.2, 0.25) is 5.02 Å². The molecule has 0 spiro atoms. The largest absolute Gasteiger partial charge is 0.205 e. The van der Waals surface area contributed by atoms with Crippen LogP contribution in [0.5, 0.6) is 0 Å². The van der Waals surface area contributed by atoms with Crippen LogP contribution in [-0.4, -0.2) is 3.42 Å². The van der Waals surface area contributed by atoms with Gasteiger partial charge < -0.3 is 0 Å². The lowest BCUT2D eigenvalue weighted by molar-refractivity contribution is 0.0220. The summed E-state index contributed by atoms with van der Waals surface area (Å²) in [5.41, 5.74) is 1.57. The van der Waals surface area contributed by atoms with Gasteiger partial charge in [-0.2, -0.15) is 0 Å². The molecule has 0 nitrogen and oxygen atoms in total. The van der Waals surface area contributed by atoms with Crippen LogP contribution in [-0.2, 0) is 5.41 Å². The Labute approximate surface area is 101 Å². The molecule has 0 atom stereocenters. The van der Waals surface area contributed by atoms with Crippen molar-refractivity contribution in [3.63, 3.8) is 0 Å². The molecule has 3 aliphatic carbocycles. The van der Waals surface area contributed by atoms with Crippen molar-refractivity contribution >= 4 is 34.2 Å². The molecule has 0 aromatic heterocycles. The van der Waals surface area contributed by atoms with Gasteiger partial charge in [-0.1, -0.05) is 40.3 Å². The molecule has 0 saturated heterocycles. The first-order valence-corrected chi connectivity index (χ1v) is 6.13. The van der Waals surface area contributed by atoms with Crippen molar-refractivity contribution in [1.29, 1.82) is 0 Å². The molecule has 4 rings (SSSR count). The van der Waals surface area contributed by atoms with E-state index in [1.807, 2.05) is 6.07 Å². The van der Waals surface area contributed by atoms with Crippen molar-refractivity contribution in [3.8, 4) is 0 Å². The Morgan fingerprint density at radius 1 is 1.29 bits per heavy atom. The highest BCUT2D eigenvalue weighted by molar-refractivity contribution is 14.1. The maximum atomic E-state index is 13.0. The van der Waals surface area contributed by atoms with Crippen LogP contribution in [0.4, 0.5) is 4.39 Å². The Morgan fingerprint density at radius 2 is 1.93 bits per heavy atom. The quantitative estimate of drug-likeness (QED) is 0.540. The van der Waals surface area contributed by atoms with Gasteiger partial charge >= 0.3 is 0 Å². The van der Waals surface area contributed by atoms with E-state index in [0.717, 1.165) is 0 Å². The Bertz CT molecular complexity index is 396.